The van der Waals surface area contributed by atoms with Gasteiger partial charge in [0, 0.05) is 11.6 Å². The smallest absolute Gasteiger partial charge is 0.123 e. The van der Waals surface area contributed by atoms with E-state index in [0.717, 1.165) is 23.3 Å². The molecule has 0 saturated heterocycles. The van der Waals surface area contributed by atoms with E-state index in [9.17, 15) is 0 Å². The molecule has 1 aliphatic carbocycles. The summed E-state index contributed by atoms with van der Waals surface area (Å²) in [5.41, 5.74) is 1.21. The van der Waals surface area contributed by atoms with Gasteiger partial charge in [-0.15, -0.1) is 0 Å². The number of rotatable bonds is 5. The zero-order chi connectivity index (χ0) is 15.4. The zero-order valence-corrected chi connectivity index (χ0v) is 14.0. The minimum Gasteiger partial charge on any atom is -0.497 e. The molecule has 21 heavy (non-hydrogen) atoms. The van der Waals surface area contributed by atoms with Crippen LogP contribution in [0.5, 0.6) is 11.5 Å². The van der Waals surface area contributed by atoms with E-state index in [2.05, 4.69) is 25.2 Å². The lowest BCUT2D eigenvalue weighted by atomic mass is 9.72. The van der Waals surface area contributed by atoms with Crippen molar-refractivity contribution in [2.24, 2.45) is 17.8 Å². The molecule has 0 aliphatic heterocycles. The molecule has 118 valence electrons. The summed E-state index contributed by atoms with van der Waals surface area (Å²) >= 11 is 0. The maximum atomic E-state index is 5.58. The SMILES string of the molecule is CNC(c1cc(OC)ccc1OC)C1CC(C)CC(C)C1. The van der Waals surface area contributed by atoms with E-state index >= 15 is 0 Å². The van der Waals surface area contributed by atoms with Crippen LogP contribution < -0.4 is 14.8 Å². The molecule has 1 aromatic rings. The highest BCUT2D eigenvalue weighted by atomic mass is 16.5. The molecule has 2 rings (SSSR count). The standard InChI is InChI=1S/C18H29NO2/c1-12-8-13(2)10-14(9-12)18(19-3)16-11-15(20-4)6-7-17(16)21-5/h6-7,11-14,18-19H,8-10H2,1-5H3. The minimum atomic E-state index is 0.320. The van der Waals surface area contributed by atoms with Crippen LogP contribution in [0.2, 0.25) is 0 Å². The number of nitrogens with one attached hydrogen (secondary N) is 1. The van der Waals surface area contributed by atoms with Gasteiger partial charge in [-0.25, -0.2) is 0 Å². The Kier molecular flexibility index (Phi) is 5.51. The first-order valence-electron chi connectivity index (χ1n) is 7.98. The van der Waals surface area contributed by atoms with Crippen LogP contribution >= 0.6 is 0 Å². The van der Waals surface area contributed by atoms with E-state index in [0.29, 0.717) is 12.0 Å². The molecule has 3 unspecified atom stereocenters. The van der Waals surface area contributed by atoms with Crippen molar-refractivity contribution in [3.8, 4) is 11.5 Å². The predicted molar refractivity (Wildman–Crippen MR) is 87.0 cm³/mol. The number of benzene rings is 1. The Hall–Kier alpha value is -1.22. The number of hydrogen-bond donors (Lipinski definition) is 1. The van der Waals surface area contributed by atoms with Crippen molar-refractivity contribution in [3.05, 3.63) is 23.8 Å². The van der Waals surface area contributed by atoms with Crippen LogP contribution in [0.3, 0.4) is 0 Å². The average Bonchev–Trinajstić information content (AvgIpc) is 2.47. The number of hydrogen-bond acceptors (Lipinski definition) is 3. The summed E-state index contributed by atoms with van der Waals surface area (Å²) in [6.07, 6.45) is 3.90. The summed E-state index contributed by atoms with van der Waals surface area (Å²) in [6, 6.07) is 6.40. The van der Waals surface area contributed by atoms with Crippen molar-refractivity contribution in [2.45, 2.75) is 39.2 Å². The maximum Gasteiger partial charge on any atom is 0.123 e. The van der Waals surface area contributed by atoms with Crippen molar-refractivity contribution >= 4 is 0 Å². The molecule has 1 saturated carbocycles. The molecule has 0 bridgehead atoms. The van der Waals surface area contributed by atoms with Gasteiger partial charge in [-0.05, 0) is 62.3 Å². The van der Waals surface area contributed by atoms with Gasteiger partial charge in [-0.1, -0.05) is 13.8 Å². The quantitative estimate of drug-likeness (QED) is 0.888. The third-order valence-electron chi connectivity index (χ3n) is 4.77. The number of methoxy groups -OCH3 is 2. The molecule has 1 N–H and O–H groups in total. The molecule has 0 radical (unpaired) electrons. The van der Waals surface area contributed by atoms with Gasteiger partial charge >= 0.3 is 0 Å². The first kappa shape index (κ1) is 16.2. The van der Waals surface area contributed by atoms with Crippen LogP contribution in [0.4, 0.5) is 0 Å². The zero-order valence-electron chi connectivity index (χ0n) is 14.0. The van der Waals surface area contributed by atoms with Crippen LogP contribution in [0.15, 0.2) is 18.2 Å². The Balaban J connectivity index is 2.31. The lowest BCUT2D eigenvalue weighted by Gasteiger charge is -2.37. The molecular weight excluding hydrogens is 262 g/mol. The fourth-order valence-corrected chi connectivity index (χ4v) is 4.01. The maximum absolute atomic E-state index is 5.58. The van der Waals surface area contributed by atoms with Crippen LogP contribution in [0.1, 0.15) is 44.7 Å². The van der Waals surface area contributed by atoms with E-state index < -0.39 is 0 Å². The third kappa shape index (κ3) is 3.70. The lowest BCUT2D eigenvalue weighted by molar-refractivity contribution is 0.178. The summed E-state index contributed by atoms with van der Waals surface area (Å²) in [4.78, 5) is 0. The fourth-order valence-electron chi connectivity index (χ4n) is 4.01. The molecule has 0 heterocycles. The second-order valence-corrected chi connectivity index (χ2v) is 6.55. The molecule has 3 heteroatoms. The molecule has 0 aromatic heterocycles. The van der Waals surface area contributed by atoms with Crippen molar-refractivity contribution in [2.75, 3.05) is 21.3 Å². The normalized spacial score (nSPS) is 27.2. The van der Waals surface area contributed by atoms with Gasteiger partial charge in [0.05, 0.1) is 14.2 Å². The highest BCUT2D eigenvalue weighted by molar-refractivity contribution is 5.42. The molecule has 1 aromatic carbocycles. The second-order valence-electron chi connectivity index (χ2n) is 6.55. The molecule has 3 atom stereocenters. The largest absolute Gasteiger partial charge is 0.497 e. The Bertz CT molecular complexity index is 451. The van der Waals surface area contributed by atoms with E-state index in [1.807, 2.05) is 19.2 Å². The summed E-state index contributed by atoms with van der Waals surface area (Å²) in [6.45, 7) is 4.75. The monoisotopic (exact) mass is 291 g/mol. The summed E-state index contributed by atoms with van der Waals surface area (Å²) in [7, 11) is 5.50. The van der Waals surface area contributed by atoms with E-state index in [1.54, 1.807) is 14.2 Å². The number of ether oxygens (including phenoxy) is 2. The Labute approximate surface area is 129 Å². The van der Waals surface area contributed by atoms with Crippen molar-refractivity contribution in [1.29, 1.82) is 0 Å². The molecule has 0 spiro atoms. The summed E-state index contributed by atoms with van der Waals surface area (Å²) < 4.78 is 11.0. The molecule has 1 fully saturated rings. The molecule has 1 aliphatic rings. The summed E-state index contributed by atoms with van der Waals surface area (Å²) in [5.74, 6) is 4.08. The van der Waals surface area contributed by atoms with E-state index in [1.165, 1.54) is 24.8 Å². The van der Waals surface area contributed by atoms with Gasteiger partial charge in [-0.3, -0.25) is 0 Å². The highest BCUT2D eigenvalue weighted by Gasteiger charge is 2.31. The predicted octanol–water partition coefficient (Wildman–Crippen LogP) is 4.04. The average molecular weight is 291 g/mol. The summed E-state index contributed by atoms with van der Waals surface area (Å²) in [5, 5.41) is 3.52. The Morgan fingerprint density at radius 2 is 1.71 bits per heavy atom. The van der Waals surface area contributed by atoms with Gasteiger partial charge < -0.3 is 14.8 Å². The first-order chi connectivity index (χ1) is 10.1. The van der Waals surface area contributed by atoms with Crippen molar-refractivity contribution in [1.82, 2.24) is 5.32 Å². The third-order valence-corrected chi connectivity index (χ3v) is 4.77. The lowest BCUT2D eigenvalue weighted by Crippen LogP contribution is -2.31. The first-order valence-corrected chi connectivity index (χ1v) is 7.98. The molecular formula is C18H29NO2. The Morgan fingerprint density at radius 3 is 2.24 bits per heavy atom. The highest BCUT2D eigenvalue weighted by Crippen LogP contribution is 2.42. The molecule has 3 nitrogen and oxygen atoms in total. The van der Waals surface area contributed by atoms with Gasteiger partial charge in [-0.2, -0.15) is 0 Å². The van der Waals surface area contributed by atoms with Crippen LogP contribution in [0, 0.1) is 17.8 Å². The van der Waals surface area contributed by atoms with Gasteiger partial charge in [0.2, 0.25) is 0 Å². The van der Waals surface area contributed by atoms with Crippen molar-refractivity contribution < 1.29 is 9.47 Å². The topological polar surface area (TPSA) is 30.5 Å². The van der Waals surface area contributed by atoms with Crippen molar-refractivity contribution in [3.63, 3.8) is 0 Å². The van der Waals surface area contributed by atoms with Crippen LogP contribution in [-0.2, 0) is 0 Å². The van der Waals surface area contributed by atoms with E-state index in [-0.39, 0.29) is 0 Å². The Morgan fingerprint density at radius 1 is 1.05 bits per heavy atom. The van der Waals surface area contributed by atoms with Crippen LogP contribution in [0.25, 0.3) is 0 Å². The fraction of sp³-hybridized carbons (Fsp3) is 0.667. The minimum absolute atomic E-state index is 0.320. The van der Waals surface area contributed by atoms with Gasteiger partial charge in [0.25, 0.3) is 0 Å². The van der Waals surface area contributed by atoms with Gasteiger partial charge in [0.1, 0.15) is 11.5 Å². The van der Waals surface area contributed by atoms with Gasteiger partial charge in [0.15, 0.2) is 0 Å². The van der Waals surface area contributed by atoms with Crippen LogP contribution in [-0.4, -0.2) is 21.3 Å². The van der Waals surface area contributed by atoms with E-state index in [4.69, 9.17) is 9.47 Å². The second kappa shape index (κ2) is 7.17. The molecule has 0 amide bonds.